The van der Waals surface area contributed by atoms with Crippen LogP contribution in [0.5, 0.6) is 0 Å². The summed E-state index contributed by atoms with van der Waals surface area (Å²) >= 11 is 1.56. The van der Waals surface area contributed by atoms with Crippen molar-refractivity contribution in [2.24, 2.45) is 12.8 Å². The fraction of sp³-hybridized carbons (Fsp3) is 0.158. The standard InChI is InChI=1S/C19H18N4OS/c1-12(20)16-8-17-18(15(11-25-17)13-9-21-22(2)10-13)19(24)23(16)14-6-4-3-5-7-14/h3-12H,20H2,1-2H3. The van der Waals surface area contributed by atoms with E-state index in [9.17, 15) is 4.79 Å². The van der Waals surface area contributed by atoms with Gasteiger partial charge in [0.25, 0.3) is 5.56 Å². The highest BCUT2D eigenvalue weighted by molar-refractivity contribution is 7.17. The molecule has 0 radical (unpaired) electrons. The van der Waals surface area contributed by atoms with Crippen LogP contribution < -0.4 is 11.3 Å². The summed E-state index contributed by atoms with van der Waals surface area (Å²) in [6.45, 7) is 1.90. The summed E-state index contributed by atoms with van der Waals surface area (Å²) in [7, 11) is 1.87. The molecule has 0 fully saturated rings. The Morgan fingerprint density at radius 1 is 1.24 bits per heavy atom. The molecule has 0 aliphatic rings. The Hall–Kier alpha value is -2.70. The van der Waals surface area contributed by atoms with Crippen molar-refractivity contribution in [3.8, 4) is 16.8 Å². The van der Waals surface area contributed by atoms with Crippen LogP contribution >= 0.6 is 11.3 Å². The van der Waals surface area contributed by atoms with Crippen LogP contribution in [-0.2, 0) is 7.05 Å². The first-order valence-electron chi connectivity index (χ1n) is 8.03. The quantitative estimate of drug-likeness (QED) is 0.615. The van der Waals surface area contributed by atoms with E-state index in [0.29, 0.717) is 5.39 Å². The number of nitrogens with zero attached hydrogens (tertiary/aromatic N) is 3. The molecule has 0 bridgehead atoms. The Kier molecular flexibility index (Phi) is 3.78. The first-order chi connectivity index (χ1) is 12.1. The highest BCUT2D eigenvalue weighted by Gasteiger charge is 2.18. The van der Waals surface area contributed by atoms with Crippen molar-refractivity contribution in [2.45, 2.75) is 13.0 Å². The van der Waals surface area contributed by atoms with Gasteiger partial charge in [-0.2, -0.15) is 5.10 Å². The molecule has 2 N–H and O–H groups in total. The topological polar surface area (TPSA) is 65.8 Å². The van der Waals surface area contributed by atoms with Crippen molar-refractivity contribution < 1.29 is 0 Å². The van der Waals surface area contributed by atoms with Crippen molar-refractivity contribution in [1.29, 1.82) is 0 Å². The fourth-order valence-electron chi connectivity index (χ4n) is 3.08. The predicted octanol–water partition coefficient (Wildman–Crippen LogP) is 3.47. The van der Waals surface area contributed by atoms with E-state index in [2.05, 4.69) is 5.10 Å². The van der Waals surface area contributed by atoms with Crippen LogP contribution in [0.25, 0.3) is 26.9 Å². The summed E-state index contributed by atoms with van der Waals surface area (Å²) in [4.78, 5) is 13.4. The summed E-state index contributed by atoms with van der Waals surface area (Å²) in [6, 6.07) is 11.4. The predicted molar refractivity (Wildman–Crippen MR) is 102 cm³/mol. The molecule has 4 rings (SSSR count). The SMILES string of the molecule is CC(N)c1cc2scc(-c3cnn(C)c3)c2c(=O)n1-c1ccccc1. The Morgan fingerprint density at radius 2 is 2.00 bits per heavy atom. The largest absolute Gasteiger partial charge is 0.323 e. The van der Waals surface area contributed by atoms with Gasteiger partial charge in [-0.1, -0.05) is 18.2 Å². The van der Waals surface area contributed by atoms with E-state index in [1.807, 2.05) is 61.9 Å². The minimum absolute atomic E-state index is 0.0453. The number of hydrogen-bond acceptors (Lipinski definition) is 4. The van der Waals surface area contributed by atoms with Gasteiger partial charge in [0.05, 0.1) is 11.6 Å². The van der Waals surface area contributed by atoms with E-state index in [1.165, 1.54) is 0 Å². The molecule has 0 aliphatic carbocycles. The maximum Gasteiger partial charge on any atom is 0.264 e. The smallest absolute Gasteiger partial charge is 0.264 e. The Bertz CT molecular complexity index is 1110. The van der Waals surface area contributed by atoms with Crippen LogP contribution in [-0.4, -0.2) is 14.3 Å². The lowest BCUT2D eigenvalue weighted by molar-refractivity contribution is 0.735. The second-order valence-electron chi connectivity index (χ2n) is 6.13. The van der Waals surface area contributed by atoms with Gasteiger partial charge in [-0.25, -0.2) is 0 Å². The molecular weight excluding hydrogens is 332 g/mol. The number of thiophene rings is 1. The molecule has 6 heteroatoms. The van der Waals surface area contributed by atoms with Crippen molar-refractivity contribution in [1.82, 2.24) is 14.3 Å². The minimum Gasteiger partial charge on any atom is -0.323 e. The molecule has 5 nitrogen and oxygen atoms in total. The zero-order valence-electron chi connectivity index (χ0n) is 14.0. The fourth-order valence-corrected chi connectivity index (χ4v) is 4.08. The Balaban J connectivity index is 2.08. The minimum atomic E-state index is -0.249. The summed E-state index contributed by atoms with van der Waals surface area (Å²) in [5.41, 5.74) is 9.61. The molecule has 3 heterocycles. The number of benzene rings is 1. The third kappa shape index (κ3) is 2.59. The maximum atomic E-state index is 13.4. The van der Waals surface area contributed by atoms with E-state index in [4.69, 9.17) is 5.73 Å². The highest BCUT2D eigenvalue weighted by Crippen LogP contribution is 2.33. The van der Waals surface area contributed by atoms with Gasteiger partial charge in [0.15, 0.2) is 0 Å². The van der Waals surface area contributed by atoms with Crippen LogP contribution in [0.2, 0.25) is 0 Å². The average molecular weight is 350 g/mol. The number of hydrogen-bond donors (Lipinski definition) is 1. The van der Waals surface area contributed by atoms with Crippen molar-refractivity contribution >= 4 is 21.4 Å². The zero-order valence-corrected chi connectivity index (χ0v) is 14.8. The molecule has 0 saturated heterocycles. The number of aromatic nitrogens is 3. The lowest BCUT2D eigenvalue weighted by atomic mass is 10.1. The van der Waals surface area contributed by atoms with Crippen molar-refractivity contribution in [3.63, 3.8) is 0 Å². The van der Waals surface area contributed by atoms with Crippen LogP contribution in [0.15, 0.2) is 59.0 Å². The number of rotatable bonds is 3. The first-order valence-corrected chi connectivity index (χ1v) is 8.91. The van der Waals surface area contributed by atoms with Gasteiger partial charge in [-0.3, -0.25) is 14.0 Å². The molecule has 0 spiro atoms. The van der Waals surface area contributed by atoms with Gasteiger partial charge >= 0.3 is 0 Å². The van der Waals surface area contributed by atoms with Crippen LogP contribution in [0, 0.1) is 0 Å². The van der Waals surface area contributed by atoms with Crippen LogP contribution in [0.4, 0.5) is 0 Å². The Morgan fingerprint density at radius 3 is 2.64 bits per heavy atom. The normalized spacial score (nSPS) is 12.6. The molecule has 0 amide bonds. The van der Waals surface area contributed by atoms with Crippen LogP contribution in [0.3, 0.4) is 0 Å². The van der Waals surface area contributed by atoms with E-state index >= 15 is 0 Å². The lowest BCUT2D eigenvalue weighted by Crippen LogP contribution is -2.25. The summed E-state index contributed by atoms with van der Waals surface area (Å²) in [6.07, 6.45) is 3.71. The lowest BCUT2D eigenvalue weighted by Gasteiger charge is -2.16. The average Bonchev–Trinajstić information content (AvgIpc) is 3.21. The van der Waals surface area contributed by atoms with Gasteiger partial charge in [0, 0.05) is 51.9 Å². The summed E-state index contributed by atoms with van der Waals surface area (Å²) in [5, 5.41) is 6.96. The van der Waals surface area contributed by atoms with E-state index in [-0.39, 0.29) is 11.6 Å². The summed E-state index contributed by atoms with van der Waals surface area (Å²) in [5.74, 6) is 0. The summed E-state index contributed by atoms with van der Waals surface area (Å²) < 4.78 is 4.41. The molecule has 0 saturated carbocycles. The molecule has 0 aliphatic heterocycles. The monoisotopic (exact) mass is 350 g/mol. The van der Waals surface area contributed by atoms with Gasteiger partial charge in [-0.15, -0.1) is 11.3 Å². The Labute approximate surface area is 149 Å². The number of pyridine rings is 1. The number of nitrogens with two attached hydrogens (primary N) is 1. The molecular formula is C19H18N4OS. The van der Waals surface area contributed by atoms with Gasteiger partial charge in [-0.05, 0) is 25.1 Å². The molecule has 1 aromatic carbocycles. The molecule has 1 atom stereocenters. The molecule has 4 aromatic rings. The maximum absolute atomic E-state index is 13.4. The zero-order chi connectivity index (χ0) is 17.6. The van der Waals surface area contributed by atoms with Gasteiger partial charge in [0.1, 0.15) is 0 Å². The first kappa shape index (κ1) is 15.8. The number of aryl methyl sites for hydroxylation is 1. The van der Waals surface area contributed by atoms with Crippen molar-refractivity contribution in [2.75, 3.05) is 0 Å². The van der Waals surface area contributed by atoms with Gasteiger partial charge < -0.3 is 5.73 Å². The van der Waals surface area contributed by atoms with E-state index in [0.717, 1.165) is 27.2 Å². The van der Waals surface area contributed by atoms with Gasteiger partial charge in [0.2, 0.25) is 0 Å². The second kappa shape index (κ2) is 5.98. The third-order valence-electron chi connectivity index (χ3n) is 4.27. The number of fused-ring (bicyclic) bond motifs is 1. The highest BCUT2D eigenvalue weighted by atomic mass is 32.1. The van der Waals surface area contributed by atoms with Crippen LogP contribution in [0.1, 0.15) is 18.7 Å². The molecule has 3 aromatic heterocycles. The molecule has 1 unspecified atom stereocenters. The molecule has 25 heavy (non-hydrogen) atoms. The third-order valence-corrected chi connectivity index (χ3v) is 5.20. The molecule has 126 valence electrons. The second-order valence-corrected chi connectivity index (χ2v) is 7.04. The van der Waals surface area contributed by atoms with Crippen molar-refractivity contribution in [3.05, 3.63) is 70.2 Å². The van der Waals surface area contributed by atoms with E-state index in [1.54, 1.807) is 26.8 Å². The van der Waals surface area contributed by atoms with E-state index < -0.39 is 0 Å². The number of para-hydroxylation sites is 1.